The van der Waals surface area contributed by atoms with Crippen LogP contribution in [0.4, 0.5) is 0 Å². The first kappa shape index (κ1) is 15.1. The molecule has 1 fully saturated rings. The molecule has 1 saturated carbocycles. The molecular formula is C14H20NO4P. The molecule has 0 aliphatic heterocycles. The van der Waals surface area contributed by atoms with Crippen molar-refractivity contribution in [1.29, 1.82) is 0 Å². The van der Waals surface area contributed by atoms with Crippen molar-refractivity contribution >= 4 is 13.5 Å². The van der Waals surface area contributed by atoms with Gasteiger partial charge in [-0.2, -0.15) is 0 Å². The van der Waals surface area contributed by atoms with Crippen LogP contribution in [0.1, 0.15) is 26.7 Å². The van der Waals surface area contributed by atoms with Gasteiger partial charge in [0.1, 0.15) is 12.3 Å². The smallest absolute Gasteiger partial charge is 0.320 e. The maximum Gasteiger partial charge on any atom is 0.320 e. The maximum atomic E-state index is 12.8. The number of hydrogen-bond acceptors (Lipinski definition) is 4. The van der Waals surface area contributed by atoms with Crippen molar-refractivity contribution in [3.8, 4) is 5.75 Å². The summed E-state index contributed by atoms with van der Waals surface area (Å²) in [5.41, 5.74) is -0.00504. The summed E-state index contributed by atoms with van der Waals surface area (Å²) in [4.78, 5) is 11.5. The van der Waals surface area contributed by atoms with E-state index in [4.69, 9.17) is 9.26 Å². The Hall–Kier alpha value is -1.32. The average Bonchev–Trinajstić information content (AvgIpc) is 3.21. The molecule has 1 aromatic rings. The second kappa shape index (κ2) is 6.42. The van der Waals surface area contributed by atoms with Crippen LogP contribution in [0.5, 0.6) is 5.75 Å². The van der Waals surface area contributed by atoms with Crippen molar-refractivity contribution < 1.29 is 18.6 Å². The third kappa shape index (κ3) is 4.36. The highest BCUT2D eigenvalue weighted by atomic mass is 31.2. The molecule has 0 amide bonds. The molecule has 1 aromatic carbocycles. The Morgan fingerprint density at radius 2 is 2.00 bits per heavy atom. The summed E-state index contributed by atoms with van der Waals surface area (Å²) in [7, 11) is -3.05. The summed E-state index contributed by atoms with van der Waals surface area (Å²) in [6, 6.07) is 9.01. The summed E-state index contributed by atoms with van der Waals surface area (Å²) in [5, 5.41) is 2.77. The minimum absolute atomic E-state index is 0.00504. The SMILES string of the molecule is CC(C)OC(=O)CNP(=O)(Oc1ccccc1)C1CC1. The van der Waals surface area contributed by atoms with Gasteiger partial charge in [-0.3, -0.25) is 9.36 Å². The van der Waals surface area contributed by atoms with Crippen LogP contribution >= 0.6 is 7.52 Å². The second-order valence-corrected chi connectivity index (χ2v) is 7.53. The first-order valence-corrected chi connectivity index (χ1v) is 8.48. The molecule has 1 aliphatic rings. The molecule has 0 radical (unpaired) electrons. The van der Waals surface area contributed by atoms with Crippen molar-refractivity contribution in [2.45, 2.75) is 38.5 Å². The van der Waals surface area contributed by atoms with Crippen LogP contribution in [-0.4, -0.2) is 24.3 Å². The van der Waals surface area contributed by atoms with Gasteiger partial charge in [0.2, 0.25) is 0 Å². The zero-order valence-corrected chi connectivity index (χ0v) is 12.6. The predicted molar refractivity (Wildman–Crippen MR) is 76.9 cm³/mol. The zero-order chi connectivity index (χ0) is 14.6. The molecule has 1 unspecified atom stereocenters. The van der Waals surface area contributed by atoms with Gasteiger partial charge in [-0.15, -0.1) is 0 Å². The van der Waals surface area contributed by atoms with Crippen LogP contribution in [-0.2, 0) is 14.1 Å². The van der Waals surface area contributed by atoms with Gasteiger partial charge in [-0.1, -0.05) is 18.2 Å². The normalized spacial score (nSPS) is 17.6. The highest BCUT2D eigenvalue weighted by Gasteiger charge is 2.44. The Balaban J connectivity index is 1.96. The van der Waals surface area contributed by atoms with Crippen molar-refractivity contribution in [1.82, 2.24) is 5.09 Å². The molecule has 0 bridgehead atoms. The lowest BCUT2D eigenvalue weighted by Crippen LogP contribution is -2.27. The van der Waals surface area contributed by atoms with Gasteiger partial charge >= 0.3 is 13.5 Å². The Morgan fingerprint density at radius 3 is 2.55 bits per heavy atom. The lowest BCUT2D eigenvalue weighted by molar-refractivity contribution is -0.145. The van der Waals surface area contributed by atoms with E-state index in [0.717, 1.165) is 12.8 Å². The number of esters is 1. The number of nitrogens with one attached hydrogen (secondary N) is 1. The number of rotatable bonds is 7. The highest BCUT2D eigenvalue weighted by molar-refractivity contribution is 7.58. The summed E-state index contributed by atoms with van der Waals surface area (Å²) in [6.07, 6.45) is 1.53. The summed E-state index contributed by atoms with van der Waals surface area (Å²) < 4.78 is 23.4. The lowest BCUT2D eigenvalue weighted by Gasteiger charge is -2.20. The van der Waals surface area contributed by atoms with Gasteiger partial charge in [0.05, 0.1) is 11.8 Å². The third-order valence-corrected chi connectivity index (χ3v) is 5.38. The van der Waals surface area contributed by atoms with Crippen LogP contribution in [0.25, 0.3) is 0 Å². The number of hydrogen-bond donors (Lipinski definition) is 1. The van der Waals surface area contributed by atoms with E-state index < -0.39 is 13.5 Å². The standard InChI is InChI=1S/C14H20NO4P/c1-11(2)18-14(16)10-15-20(17,13-8-9-13)19-12-6-4-3-5-7-12/h3-7,11,13H,8-10H2,1-2H3,(H,15,17). The molecule has 5 nitrogen and oxygen atoms in total. The predicted octanol–water partition coefficient (Wildman–Crippen LogP) is 2.96. The molecule has 1 aliphatic carbocycles. The fraction of sp³-hybridized carbons (Fsp3) is 0.500. The minimum Gasteiger partial charge on any atom is -0.462 e. The van der Waals surface area contributed by atoms with E-state index in [2.05, 4.69) is 5.09 Å². The average molecular weight is 297 g/mol. The van der Waals surface area contributed by atoms with Crippen LogP contribution in [0.2, 0.25) is 0 Å². The fourth-order valence-electron chi connectivity index (χ4n) is 1.77. The molecule has 0 spiro atoms. The second-order valence-electron chi connectivity index (χ2n) is 5.11. The zero-order valence-electron chi connectivity index (χ0n) is 11.7. The van der Waals surface area contributed by atoms with E-state index in [9.17, 15) is 9.36 Å². The van der Waals surface area contributed by atoms with Crippen LogP contribution in [0.3, 0.4) is 0 Å². The molecule has 6 heteroatoms. The molecular weight excluding hydrogens is 277 g/mol. The molecule has 2 rings (SSSR count). The summed E-state index contributed by atoms with van der Waals surface area (Å²) in [5.74, 6) is 0.130. The molecule has 110 valence electrons. The molecule has 0 heterocycles. The van der Waals surface area contributed by atoms with E-state index in [-0.39, 0.29) is 18.3 Å². The van der Waals surface area contributed by atoms with E-state index >= 15 is 0 Å². The van der Waals surface area contributed by atoms with Gasteiger partial charge in [0.15, 0.2) is 0 Å². The van der Waals surface area contributed by atoms with E-state index in [1.165, 1.54) is 0 Å². The van der Waals surface area contributed by atoms with Gasteiger partial charge in [-0.05, 0) is 38.8 Å². The number of benzene rings is 1. The monoisotopic (exact) mass is 297 g/mol. The topological polar surface area (TPSA) is 64.6 Å². The van der Waals surface area contributed by atoms with E-state index in [1.807, 2.05) is 18.2 Å². The van der Waals surface area contributed by atoms with Crippen molar-refractivity contribution in [3.05, 3.63) is 30.3 Å². The fourth-order valence-corrected chi connectivity index (χ4v) is 3.85. The largest absolute Gasteiger partial charge is 0.462 e. The lowest BCUT2D eigenvalue weighted by atomic mass is 10.3. The Morgan fingerprint density at radius 1 is 1.35 bits per heavy atom. The molecule has 1 atom stereocenters. The van der Waals surface area contributed by atoms with E-state index in [1.54, 1.807) is 26.0 Å². The number of para-hydroxylation sites is 1. The molecule has 0 aromatic heterocycles. The molecule has 1 N–H and O–H groups in total. The van der Waals surface area contributed by atoms with Crippen LogP contribution < -0.4 is 9.61 Å². The number of carbonyl (C=O) groups excluding carboxylic acids is 1. The van der Waals surface area contributed by atoms with Crippen molar-refractivity contribution in [2.75, 3.05) is 6.54 Å². The Bertz CT molecular complexity index is 499. The van der Waals surface area contributed by atoms with Crippen molar-refractivity contribution in [2.24, 2.45) is 0 Å². The quantitative estimate of drug-likeness (QED) is 0.619. The highest BCUT2D eigenvalue weighted by Crippen LogP contribution is 2.58. The first-order chi connectivity index (χ1) is 9.49. The Kier molecular flexibility index (Phi) is 4.84. The molecule has 20 heavy (non-hydrogen) atoms. The van der Waals surface area contributed by atoms with Gasteiger partial charge in [0, 0.05) is 0 Å². The number of ether oxygens (including phenoxy) is 1. The van der Waals surface area contributed by atoms with Gasteiger partial charge in [-0.25, -0.2) is 5.09 Å². The summed E-state index contributed by atoms with van der Waals surface area (Å²) >= 11 is 0. The van der Waals surface area contributed by atoms with Gasteiger partial charge in [0.25, 0.3) is 0 Å². The van der Waals surface area contributed by atoms with E-state index in [0.29, 0.717) is 5.75 Å². The van der Waals surface area contributed by atoms with Crippen LogP contribution in [0.15, 0.2) is 30.3 Å². The Labute approximate surface area is 119 Å². The number of carbonyl (C=O) groups is 1. The first-order valence-electron chi connectivity index (χ1n) is 6.78. The van der Waals surface area contributed by atoms with Crippen LogP contribution in [0, 0.1) is 0 Å². The molecule has 0 saturated heterocycles. The van der Waals surface area contributed by atoms with Crippen molar-refractivity contribution in [3.63, 3.8) is 0 Å². The summed E-state index contributed by atoms with van der Waals surface area (Å²) in [6.45, 7) is 3.45. The van der Waals surface area contributed by atoms with Gasteiger partial charge < -0.3 is 9.26 Å². The third-order valence-electron chi connectivity index (χ3n) is 2.82. The maximum absolute atomic E-state index is 12.8. The minimum atomic E-state index is -3.05.